The van der Waals surface area contributed by atoms with Crippen LogP contribution in [0.25, 0.3) is 44.5 Å². The Morgan fingerprint density at radius 2 is 0.833 bits per heavy atom. The van der Waals surface area contributed by atoms with Gasteiger partial charge in [0.2, 0.25) is 0 Å². The second-order valence-corrected chi connectivity index (χ2v) is 19.2. The number of rotatable bonds is 7. The van der Waals surface area contributed by atoms with Gasteiger partial charge in [0, 0.05) is 23.9 Å². The summed E-state index contributed by atoms with van der Waals surface area (Å²) in [6.07, 6.45) is 4.65. The van der Waals surface area contributed by atoms with Gasteiger partial charge >= 0.3 is 0 Å². The normalized spacial score (nSPS) is 18.9. The van der Waals surface area contributed by atoms with Crippen molar-refractivity contribution in [3.63, 3.8) is 0 Å². The third kappa shape index (κ3) is 6.74. The van der Waals surface area contributed by atoms with Crippen LogP contribution in [0.4, 0.5) is 0 Å². The molecule has 1 heterocycles. The lowest BCUT2D eigenvalue weighted by molar-refractivity contribution is -0.0176. The van der Waals surface area contributed by atoms with Crippen LogP contribution in [0.2, 0.25) is 0 Å². The Bertz CT molecular complexity index is 2590. The molecule has 2 aliphatic rings. The van der Waals surface area contributed by atoms with Gasteiger partial charge in [0.05, 0.1) is 5.71 Å². The van der Waals surface area contributed by atoms with E-state index in [0.717, 1.165) is 67.6 Å². The number of hydrogen-bond donors (Lipinski definition) is 2. The van der Waals surface area contributed by atoms with Gasteiger partial charge in [-0.15, -0.1) is 0 Å². The van der Waals surface area contributed by atoms with Crippen molar-refractivity contribution in [2.45, 2.75) is 93.1 Å². The molecule has 0 spiro atoms. The highest BCUT2D eigenvalue weighted by Crippen LogP contribution is 2.59. The molecule has 1 aliphatic heterocycles. The standard InChI is InChI=1S/C56H57NO2S/c1-33-18-12-19-34(2)48(33)43-26-16-27-44(49-35(3)20-13-21-36(49)4)47(43)31-41-30-42(54(9,10)11)32-55(58)53(41)57-60-56(55,59)52-45(50-37(5)22-14-23-38(50)6)28-17-29-46(52)51-39(7)24-15-25-40(51)8/h12-30,32,58-59H,31H2,1-11H3. The molecular formula is C56H57NO2S. The first-order valence-electron chi connectivity index (χ1n) is 21.1. The Hall–Kier alpha value is -5.26. The van der Waals surface area contributed by atoms with E-state index in [1.165, 1.54) is 50.1 Å². The third-order valence-corrected chi connectivity index (χ3v) is 14.0. The van der Waals surface area contributed by atoms with Crippen molar-refractivity contribution in [2.24, 2.45) is 9.81 Å². The van der Waals surface area contributed by atoms with Crippen molar-refractivity contribution in [1.29, 1.82) is 0 Å². The Labute approximate surface area is 361 Å². The summed E-state index contributed by atoms with van der Waals surface area (Å²) >= 11 is 1.09. The molecule has 0 fully saturated rings. The Morgan fingerprint density at radius 1 is 0.500 bits per heavy atom. The molecule has 2 unspecified atom stereocenters. The van der Waals surface area contributed by atoms with E-state index in [4.69, 9.17) is 4.40 Å². The summed E-state index contributed by atoms with van der Waals surface area (Å²) in [6, 6.07) is 38.6. The van der Waals surface area contributed by atoms with E-state index >= 15 is 0 Å². The fourth-order valence-electron chi connectivity index (χ4n) is 9.94. The lowest BCUT2D eigenvalue weighted by atomic mass is 9.69. The van der Waals surface area contributed by atoms with Gasteiger partial charge in [-0.2, -0.15) is 0 Å². The van der Waals surface area contributed by atoms with Crippen molar-refractivity contribution in [3.05, 3.63) is 188 Å². The maximum atomic E-state index is 13.9. The molecule has 1 aliphatic carbocycles. The highest BCUT2D eigenvalue weighted by atomic mass is 32.2. The van der Waals surface area contributed by atoms with Crippen molar-refractivity contribution in [2.75, 3.05) is 0 Å². The fraction of sp³-hybridized carbons (Fsp3) is 0.268. The molecule has 304 valence electrons. The lowest BCUT2D eigenvalue weighted by Gasteiger charge is -2.42. The second kappa shape index (κ2) is 15.3. The van der Waals surface area contributed by atoms with Gasteiger partial charge < -0.3 is 10.2 Å². The first kappa shape index (κ1) is 41.5. The molecule has 0 radical (unpaired) electrons. The summed E-state index contributed by atoms with van der Waals surface area (Å²) in [6.45, 7) is 23.8. The SMILES string of the molecule is Cc1cccc(C)c1-c1cccc(-c2c(C)cccc2C)c1CC1=CC(C(C)(C)C)=CC2(O)C1=NSC2(O)c1c(-c2c(C)cccc2C)cccc1-c1c(C)cccc1C. The predicted octanol–water partition coefficient (Wildman–Crippen LogP) is 14.0. The van der Waals surface area contributed by atoms with Crippen LogP contribution in [-0.2, 0) is 11.4 Å². The number of aryl methyl sites for hydroxylation is 8. The van der Waals surface area contributed by atoms with Gasteiger partial charge in [-0.1, -0.05) is 136 Å². The van der Waals surface area contributed by atoms with Crippen LogP contribution in [0, 0.1) is 60.8 Å². The van der Waals surface area contributed by atoms with E-state index in [-0.39, 0.29) is 5.41 Å². The number of nitrogens with zero attached hydrogens (tertiary/aromatic N) is 1. The topological polar surface area (TPSA) is 52.8 Å². The van der Waals surface area contributed by atoms with E-state index in [0.29, 0.717) is 17.7 Å². The van der Waals surface area contributed by atoms with Gasteiger partial charge in [0.15, 0.2) is 10.5 Å². The van der Waals surface area contributed by atoms with E-state index in [1.54, 1.807) is 0 Å². The highest BCUT2D eigenvalue weighted by Gasteiger charge is 2.61. The summed E-state index contributed by atoms with van der Waals surface area (Å²) in [7, 11) is 0. The highest BCUT2D eigenvalue weighted by molar-refractivity contribution is 7.99. The average Bonchev–Trinajstić information content (AvgIpc) is 3.45. The minimum Gasteiger partial charge on any atom is -0.375 e. The molecule has 3 nitrogen and oxygen atoms in total. The zero-order valence-electron chi connectivity index (χ0n) is 37.0. The number of allylic oxidation sites excluding steroid dienone is 2. The quantitative estimate of drug-likeness (QED) is 0.158. The van der Waals surface area contributed by atoms with Crippen molar-refractivity contribution in [3.8, 4) is 44.5 Å². The molecule has 6 aromatic rings. The molecular weight excluding hydrogens is 751 g/mol. The smallest absolute Gasteiger partial charge is 0.196 e. The summed E-state index contributed by atoms with van der Waals surface area (Å²) in [5, 5.41) is 27.7. The molecule has 2 N–H and O–H groups in total. The molecule has 0 amide bonds. The molecule has 0 bridgehead atoms. The molecule has 0 saturated carbocycles. The van der Waals surface area contributed by atoms with Gasteiger partial charge in [-0.05, 0) is 173 Å². The van der Waals surface area contributed by atoms with E-state index in [9.17, 15) is 10.2 Å². The lowest BCUT2D eigenvalue weighted by Crippen LogP contribution is -2.53. The van der Waals surface area contributed by atoms with E-state index in [2.05, 4.69) is 191 Å². The van der Waals surface area contributed by atoms with Gasteiger partial charge in [0.1, 0.15) is 0 Å². The first-order valence-corrected chi connectivity index (χ1v) is 21.9. The third-order valence-electron chi connectivity index (χ3n) is 13.0. The second-order valence-electron chi connectivity index (χ2n) is 18.3. The van der Waals surface area contributed by atoms with Crippen LogP contribution in [-0.4, -0.2) is 21.5 Å². The van der Waals surface area contributed by atoms with Crippen molar-refractivity contribution < 1.29 is 10.2 Å². The summed E-state index contributed by atoms with van der Waals surface area (Å²) < 4.78 is 5.21. The van der Waals surface area contributed by atoms with Gasteiger partial charge in [-0.3, -0.25) is 0 Å². The summed E-state index contributed by atoms with van der Waals surface area (Å²) in [4.78, 5) is -1.89. The molecule has 4 heteroatoms. The minimum absolute atomic E-state index is 0.357. The maximum Gasteiger partial charge on any atom is 0.196 e. The van der Waals surface area contributed by atoms with Crippen LogP contribution < -0.4 is 0 Å². The number of aliphatic hydroxyl groups is 2. The molecule has 60 heavy (non-hydrogen) atoms. The van der Waals surface area contributed by atoms with Crippen molar-refractivity contribution >= 4 is 17.7 Å². The number of benzene rings is 6. The van der Waals surface area contributed by atoms with Crippen LogP contribution in [0.1, 0.15) is 76.4 Å². The van der Waals surface area contributed by atoms with Crippen LogP contribution in [0.15, 0.2) is 137 Å². The zero-order valence-corrected chi connectivity index (χ0v) is 37.8. The Kier molecular flexibility index (Phi) is 10.6. The van der Waals surface area contributed by atoms with Gasteiger partial charge in [0.25, 0.3) is 0 Å². The summed E-state index contributed by atoms with van der Waals surface area (Å²) in [5.74, 6) is 0. The summed E-state index contributed by atoms with van der Waals surface area (Å²) in [5.41, 5.74) is 19.9. The average molecular weight is 808 g/mol. The molecule has 6 aromatic carbocycles. The molecule has 2 atom stereocenters. The van der Waals surface area contributed by atoms with Crippen molar-refractivity contribution in [1.82, 2.24) is 0 Å². The number of fused-ring (bicyclic) bond motifs is 1. The van der Waals surface area contributed by atoms with Gasteiger partial charge in [-0.25, -0.2) is 4.40 Å². The van der Waals surface area contributed by atoms with Crippen LogP contribution in [0.3, 0.4) is 0 Å². The molecule has 0 saturated heterocycles. The van der Waals surface area contributed by atoms with E-state index < -0.39 is 10.5 Å². The maximum absolute atomic E-state index is 13.9. The predicted molar refractivity (Wildman–Crippen MR) is 256 cm³/mol. The van der Waals surface area contributed by atoms with Crippen LogP contribution >= 0.6 is 11.9 Å². The van der Waals surface area contributed by atoms with E-state index in [1.807, 2.05) is 6.08 Å². The first-order chi connectivity index (χ1) is 28.5. The fourth-order valence-corrected chi connectivity index (χ4v) is 11.0. The zero-order chi connectivity index (χ0) is 42.9. The minimum atomic E-state index is -1.89. The Morgan fingerprint density at radius 3 is 1.20 bits per heavy atom. The Balaban J connectivity index is 1.40. The molecule has 0 aromatic heterocycles. The monoisotopic (exact) mass is 807 g/mol. The van der Waals surface area contributed by atoms with Crippen LogP contribution in [0.5, 0.6) is 0 Å². The number of hydrogen-bond acceptors (Lipinski definition) is 4. The largest absolute Gasteiger partial charge is 0.375 e. The molecule has 8 rings (SSSR count).